The molecule has 0 fully saturated rings. The lowest BCUT2D eigenvalue weighted by atomic mass is 10.2. The predicted molar refractivity (Wildman–Crippen MR) is 75.3 cm³/mol. The number of hydrogen-bond donors (Lipinski definition) is 2. The van der Waals surface area contributed by atoms with E-state index >= 15 is 0 Å². The first-order chi connectivity index (χ1) is 10.3. The van der Waals surface area contributed by atoms with Gasteiger partial charge in [-0.25, -0.2) is 5.84 Å². The number of carbonyl (C=O) groups excluding carboxylic acids is 1. The SMILES string of the molecule is NNC(=O)c1cc(CSc2nnc3n2CCCCC3)on1. The maximum Gasteiger partial charge on any atom is 0.287 e. The maximum absolute atomic E-state index is 11.3. The monoisotopic (exact) mass is 308 g/mol. The Morgan fingerprint density at radius 3 is 3.19 bits per heavy atom. The molecule has 0 saturated carbocycles. The third-order valence-electron chi connectivity index (χ3n) is 3.34. The molecule has 21 heavy (non-hydrogen) atoms. The summed E-state index contributed by atoms with van der Waals surface area (Å²) in [6.45, 7) is 0.960. The predicted octanol–water partition coefficient (Wildman–Crippen LogP) is 0.888. The van der Waals surface area contributed by atoms with E-state index in [1.807, 2.05) is 5.43 Å². The summed E-state index contributed by atoms with van der Waals surface area (Å²) >= 11 is 1.53. The van der Waals surface area contributed by atoms with E-state index in [4.69, 9.17) is 10.4 Å². The highest BCUT2D eigenvalue weighted by molar-refractivity contribution is 7.98. The first-order valence-electron chi connectivity index (χ1n) is 6.79. The number of amides is 1. The minimum absolute atomic E-state index is 0.174. The summed E-state index contributed by atoms with van der Waals surface area (Å²) in [6.07, 6.45) is 4.54. The second-order valence-electron chi connectivity index (χ2n) is 4.80. The van der Waals surface area contributed by atoms with Crippen molar-refractivity contribution in [1.82, 2.24) is 25.3 Å². The summed E-state index contributed by atoms with van der Waals surface area (Å²) in [6, 6.07) is 1.58. The van der Waals surface area contributed by atoms with Crippen LogP contribution in [-0.2, 0) is 18.7 Å². The zero-order valence-electron chi connectivity index (χ0n) is 11.4. The van der Waals surface area contributed by atoms with Gasteiger partial charge >= 0.3 is 0 Å². The summed E-state index contributed by atoms with van der Waals surface area (Å²) < 4.78 is 7.28. The molecule has 3 rings (SSSR count). The van der Waals surface area contributed by atoms with Crippen LogP contribution in [0.3, 0.4) is 0 Å². The molecule has 8 nitrogen and oxygen atoms in total. The van der Waals surface area contributed by atoms with E-state index in [-0.39, 0.29) is 5.69 Å². The van der Waals surface area contributed by atoms with Crippen LogP contribution in [0.2, 0.25) is 0 Å². The molecule has 9 heteroatoms. The lowest BCUT2D eigenvalue weighted by Crippen LogP contribution is -2.30. The van der Waals surface area contributed by atoms with Gasteiger partial charge in [-0.3, -0.25) is 10.2 Å². The molecule has 0 atom stereocenters. The topological polar surface area (TPSA) is 112 Å². The molecule has 1 aliphatic rings. The fraction of sp³-hybridized carbons (Fsp3) is 0.500. The Labute approximate surface area is 125 Å². The minimum Gasteiger partial charge on any atom is -0.360 e. The highest BCUT2D eigenvalue weighted by Gasteiger charge is 2.16. The molecule has 0 spiro atoms. The fourth-order valence-corrected chi connectivity index (χ4v) is 3.12. The van der Waals surface area contributed by atoms with Gasteiger partial charge in [-0.15, -0.1) is 10.2 Å². The molecule has 0 saturated heterocycles. The molecular formula is C12H16N6O2S. The van der Waals surface area contributed by atoms with Crippen molar-refractivity contribution >= 4 is 17.7 Å². The normalized spacial score (nSPS) is 14.5. The van der Waals surface area contributed by atoms with Crippen molar-refractivity contribution in [3.8, 4) is 0 Å². The Kier molecular flexibility index (Phi) is 4.20. The van der Waals surface area contributed by atoms with Crippen LogP contribution in [0.5, 0.6) is 0 Å². The molecule has 0 unspecified atom stereocenters. The van der Waals surface area contributed by atoms with E-state index in [1.54, 1.807) is 6.07 Å². The van der Waals surface area contributed by atoms with Crippen molar-refractivity contribution < 1.29 is 9.32 Å². The van der Waals surface area contributed by atoms with E-state index in [1.165, 1.54) is 24.6 Å². The maximum atomic E-state index is 11.3. The molecule has 2 aromatic rings. The largest absolute Gasteiger partial charge is 0.360 e. The molecule has 1 aliphatic heterocycles. The van der Waals surface area contributed by atoms with Gasteiger partial charge < -0.3 is 9.09 Å². The first kappa shape index (κ1) is 14.1. The van der Waals surface area contributed by atoms with Crippen LogP contribution in [-0.4, -0.2) is 25.8 Å². The lowest BCUT2D eigenvalue weighted by molar-refractivity contribution is 0.0944. The van der Waals surface area contributed by atoms with Crippen molar-refractivity contribution in [1.29, 1.82) is 0 Å². The van der Waals surface area contributed by atoms with Crippen molar-refractivity contribution in [3.63, 3.8) is 0 Å². The van der Waals surface area contributed by atoms with Crippen LogP contribution in [0.25, 0.3) is 0 Å². The van der Waals surface area contributed by atoms with E-state index in [0.717, 1.165) is 30.4 Å². The number of nitrogens with two attached hydrogens (primary N) is 1. The Balaban J connectivity index is 1.66. The summed E-state index contributed by atoms with van der Waals surface area (Å²) in [5.41, 5.74) is 2.19. The number of nitrogens with zero attached hydrogens (tertiary/aromatic N) is 4. The van der Waals surface area contributed by atoms with Crippen molar-refractivity contribution in [2.24, 2.45) is 5.84 Å². The van der Waals surface area contributed by atoms with Gasteiger partial charge in [0.1, 0.15) is 11.6 Å². The minimum atomic E-state index is -0.466. The Morgan fingerprint density at radius 1 is 1.43 bits per heavy atom. The van der Waals surface area contributed by atoms with Crippen LogP contribution in [0.1, 0.15) is 41.3 Å². The zero-order chi connectivity index (χ0) is 14.7. The molecule has 0 aromatic carbocycles. The van der Waals surface area contributed by atoms with Gasteiger partial charge in [0.25, 0.3) is 5.91 Å². The number of aryl methyl sites for hydroxylation is 1. The van der Waals surface area contributed by atoms with E-state index < -0.39 is 5.91 Å². The number of nitrogens with one attached hydrogen (secondary N) is 1. The standard InChI is InChI=1S/C12H16N6O2S/c13-14-11(19)9-6-8(20-17-9)7-21-12-16-15-10-4-2-1-3-5-18(10)12/h6H,1-5,7,13H2,(H,14,19). The molecule has 0 bridgehead atoms. The number of hydrazine groups is 1. The third kappa shape index (κ3) is 3.08. The summed E-state index contributed by atoms with van der Waals surface area (Å²) in [5.74, 6) is 6.78. The zero-order valence-corrected chi connectivity index (χ0v) is 12.2. The Hall–Kier alpha value is -1.87. The molecule has 112 valence electrons. The van der Waals surface area contributed by atoms with E-state index in [9.17, 15) is 4.79 Å². The van der Waals surface area contributed by atoms with Crippen LogP contribution < -0.4 is 11.3 Å². The molecular weight excluding hydrogens is 292 g/mol. The molecule has 0 radical (unpaired) electrons. The first-order valence-corrected chi connectivity index (χ1v) is 7.78. The summed E-state index contributed by atoms with van der Waals surface area (Å²) in [7, 11) is 0. The summed E-state index contributed by atoms with van der Waals surface area (Å²) in [5, 5.41) is 13.0. The van der Waals surface area contributed by atoms with Gasteiger partial charge in [0, 0.05) is 19.0 Å². The van der Waals surface area contributed by atoms with Crippen molar-refractivity contribution in [2.75, 3.05) is 0 Å². The third-order valence-corrected chi connectivity index (χ3v) is 4.33. The highest BCUT2D eigenvalue weighted by atomic mass is 32.2. The van der Waals surface area contributed by atoms with Crippen LogP contribution in [0.15, 0.2) is 15.7 Å². The second kappa shape index (κ2) is 6.27. The summed E-state index contributed by atoms with van der Waals surface area (Å²) in [4.78, 5) is 11.3. The smallest absolute Gasteiger partial charge is 0.287 e. The number of rotatable bonds is 4. The second-order valence-corrected chi connectivity index (χ2v) is 5.74. The van der Waals surface area contributed by atoms with Crippen molar-refractivity contribution in [2.45, 2.75) is 43.1 Å². The average Bonchev–Trinajstić information content (AvgIpc) is 3.05. The number of nitrogen functional groups attached to an aromatic ring is 1. The van der Waals surface area contributed by atoms with Gasteiger partial charge in [-0.1, -0.05) is 23.3 Å². The van der Waals surface area contributed by atoms with Gasteiger partial charge in [0.15, 0.2) is 10.9 Å². The lowest BCUT2D eigenvalue weighted by Gasteiger charge is -2.04. The van der Waals surface area contributed by atoms with E-state index in [0.29, 0.717) is 11.5 Å². The van der Waals surface area contributed by atoms with Gasteiger partial charge in [0.2, 0.25) is 0 Å². The number of thioether (sulfide) groups is 1. The molecule has 2 aromatic heterocycles. The Morgan fingerprint density at radius 2 is 2.33 bits per heavy atom. The fourth-order valence-electron chi connectivity index (χ4n) is 2.26. The van der Waals surface area contributed by atoms with Gasteiger partial charge in [0.05, 0.1) is 5.75 Å². The van der Waals surface area contributed by atoms with E-state index in [2.05, 4.69) is 19.9 Å². The number of hydrogen-bond acceptors (Lipinski definition) is 7. The van der Waals surface area contributed by atoms with Crippen LogP contribution in [0, 0.1) is 0 Å². The molecule has 0 aliphatic carbocycles. The highest BCUT2D eigenvalue weighted by Crippen LogP contribution is 2.25. The van der Waals surface area contributed by atoms with Gasteiger partial charge in [-0.2, -0.15) is 0 Å². The van der Waals surface area contributed by atoms with Gasteiger partial charge in [-0.05, 0) is 12.8 Å². The number of fused-ring (bicyclic) bond motifs is 1. The quantitative estimate of drug-likeness (QED) is 0.373. The Bertz CT molecular complexity index is 637. The molecule has 1 amide bonds. The van der Waals surface area contributed by atoms with Crippen LogP contribution in [0.4, 0.5) is 0 Å². The molecule has 3 N–H and O–H groups in total. The number of carbonyl (C=O) groups is 1. The average molecular weight is 308 g/mol. The van der Waals surface area contributed by atoms with Crippen LogP contribution >= 0.6 is 11.8 Å². The molecule has 3 heterocycles. The number of aromatic nitrogens is 4. The van der Waals surface area contributed by atoms with Crippen molar-refractivity contribution in [3.05, 3.63) is 23.3 Å².